The highest BCUT2D eigenvalue weighted by molar-refractivity contribution is 5.89. The lowest BCUT2D eigenvalue weighted by atomic mass is 9.78. The van der Waals surface area contributed by atoms with E-state index in [2.05, 4.69) is 19.2 Å². The van der Waals surface area contributed by atoms with E-state index in [4.69, 9.17) is 0 Å². The molecule has 0 spiro atoms. The van der Waals surface area contributed by atoms with E-state index >= 15 is 0 Å². The molecule has 0 heterocycles. The maximum absolute atomic E-state index is 11.2. The second kappa shape index (κ2) is 6.89. The summed E-state index contributed by atoms with van der Waals surface area (Å²) in [5, 5.41) is 12.8. The summed E-state index contributed by atoms with van der Waals surface area (Å²) < 4.78 is 0. The molecule has 0 aliphatic heterocycles. The van der Waals surface area contributed by atoms with Crippen molar-refractivity contribution in [2.24, 2.45) is 11.8 Å². The highest BCUT2D eigenvalue weighted by atomic mass is 16.4. The molecule has 2 rings (SSSR count). The number of nitrogens with one attached hydrogen (secondary N) is 1. The first-order valence-electron chi connectivity index (χ1n) is 7.64. The molecule has 0 bridgehead atoms. The van der Waals surface area contributed by atoms with Crippen LogP contribution in [0.5, 0.6) is 0 Å². The van der Waals surface area contributed by atoms with Gasteiger partial charge in [-0.3, -0.25) is 0 Å². The van der Waals surface area contributed by atoms with E-state index in [9.17, 15) is 9.90 Å². The molecule has 0 aromatic heterocycles. The number of carboxylic acid groups (broad SMARTS) is 1. The van der Waals surface area contributed by atoms with Gasteiger partial charge in [0.05, 0.1) is 5.56 Å². The van der Waals surface area contributed by atoms with Crippen LogP contribution >= 0.6 is 0 Å². The Morgan fingerprint density at radius 1 is 1.30 bits per heavy atom. The number of benzene rings is 1. The van der Waals surface area contributed by atoms with Crippen molar-refractivity contribution in [3.8, 4) is 0 Å². The molecule has 0 saturated heterocycles. The third kappa shape index (κ3) is 3.60. The van der Waals surface area contributed by atoms with Gasteiger partial charge in [0.1, 0.15) is 0 Å². The van der Waals surface area contributed by atoms with E-state index in [0.29, 0.717) is 30.0 Å². The Hall–Kier alpha value is -1.35. The number of carboxylic acids is 1. The van der Waals surface area contributed by atoms with Crippen molar-refractivity contribution >= 4 is 5.97 Å². The largest absolute Gasteiger partial charge is 0.478 e. The van der Waals surface area contributed by atoms with Crippen LogP contribution in [0.15, 0.2) is 24.3 Å². The van der Waals surface area contributed by atoms with Crippen LogP contribution in [0.25, 0.3) is 0 Å². The van der Waals surface area contributed by atoms with Crippen LogP contribution < -0.4 is 5.32 Å². The van der Waals surface area contributed by atoms with E-state index in [1.54, 1.807) is 12.1 Å². The molecule has 1 fully saturated rings. The lowest BCUT2D eigenvalue weighted by Crippen LogP contribution is -2.40. The maximum atomic E-state index is 11.2. The monoisotopic (exact) mass is 275 g/mol. The van der Waals surface area contributed by atoms with Gasteiger partial charge in [-0.1, -0.05) is 44.9 Å². The summed E-state index contributed by atoms with van der Waals surface area (Å²) >= 11 is 0. The predicted molar refractivity (Wildman–Crippen MR) is 80.8 cm³/mol. The first kappa shape index (κ1) is 15.0. The summed E-state index contributed by atoms with van der Waals surface area (Å²) in [6, 6.07) is 7.80. The molecular formula is C17H25NO2. The molecule has 1 aliphatic carbocycles. The Bertz CT molecular complexity index is 456. The third-order valence-corrected chi connectivity index (χ3v) is 4.48. The van der Waals surface area contributed by atoms with Gasteiger partial charge in [-0.05, 0) is 36.3 Å². The number of hydrogen-bond acceptors (Lipinski definition) is 2. The Kier molecular flexibility index (Phi) is 5.18. The van der Waals surface area contributed by atoms with Crippen molar-refractivity contribution in [2.45, 2.75) is 52.1 Å². The summed E-state index contributed by atoms with van der Waals surface area (Å²) in [5.41, 5.74) is 1.30. The van der Waals surface area contributed by atoms with Gasteiger partial charge in [-0.25, -0.2) is 4.79 Å². The van der Waals surface area contributed by atoms with Crippen LogP contribution in [0.2, 0.25) is 0 Å². The molecule has 1 aliphatic rings. The molecule has 110 valence electrons. The summed E-state index contributed by atoms with van der Waals surface area (Å²) in [6.07, 6.45) is 5.10. The normalized spacial score (nSPS) is 22.9. The quantitative estimate of drug-likeness (QED) is 0.861. The average molecular weight is 275 g/mol. The first-order valence-corrected chi connectivity index (χ1v) is 7.64. The second-order valence-electron chi connectivity index (χ2n) is 6.14. The molecule has 20 heavy (non-hydrogen) atoms. The molecule has 1 aromatic carbocycles. The minimum Gasteiger partial charge on any atom is -0.478 e. The van der Waals surface area contributed by atoms with Gasteiger partial charge in [0.15, 0.2) is 0 Å². The molecular weight excluding hydrogens is 250 g/mol. The smallest absolute Gasteiger partial charge is 0.336 e. The lowest BCUT2D eigenvalue weighted by Gasteiger charge is -2.35. The number of aromatic carboxylic acids is 1. The van der Waals surface area contributed by atoms with Crippen LogP contribution in [0.1, 0.15) is 55.5 Å². The van der Waals surface area contributed by atoms with E-state index in [1.165, 1.54) is 25.7 Å². The van der Waals surface area contributed by atoms with Gasteiger partial charge in [-0.2, -0.15) is 0 Å². The number of rotatable bonds is 5. The fourth-order valence-electron chi connectivity index (χ4n) is 3.34. The Labute approximate surface area is 121 Å². The molecule has 3 nitrogen and oxygen atoms in total. The van der Waals surface area contributed by atoms with E-state index in [-0.39, 0.29) is 0 Å². The SMILES string of the molecule is CC(C)C1CCCCC1NCc1ccccc1C(=O)O. The lowest BCUT2D eigenvalue weighted by molar-refractivity contribution is 0.0695. The van der Waals surface area contributed by atoms with Gasteiger partial charge in [-0.15, -0.1) is 0 Å². The minimum atomic E-state index is -0.841. The average Bonchev–Trinajstić information content (AvgIpc) is 2.45. The zero-order valence-corrected chi connectivity index (χ0v) is 12.4. The zero-order valence-electron chi connectivity index (χ0n) is 12.4. The fraction of sp³-hybridized carbons (Fsp3) is 0.588. The van der Waals surface area contributed by atoms with Gasteiger partial charge in [0, 0.05) is 12.6 Å². The molecule has 1 aromatic rings. The predicted octanol–water partition coefficient (Wildman–Crippen LogP) is 3.69. The van der Waals surface area contributed by atoms with Crippen molar-refractivity contribution in [1.82, 2.24) is 5.32 Å². The molecule has 2 unspecified atom stereocenters. The van der Waals surface area contributed by atoms with E-state index in [1.807, 2.05) is 12.1 Å². The Morgan fingerprint density at radius 3 is 2.70 bits per heavy atom. The topological polar surface area (TPSA) is 49.3 Å². The van der Waals surface area contributed by atoms with E-state index < -0.39 is 5.97 Å². The van der Waals surface area contributed by atoms with E-state index in [0.717, 1.165) is 5.56 Å². The van der Waals surface area contributed by atoms with Crippen molar-refractivity contribution < 1.29 is 9.90 Å². The van der Waals surface area contributed by atoms with Crippen molar-refractivity contribution in [1.29, 1.82) is 0 Å². The minimum absolute atomic E-state index is 0.414. The highest BCUT2D eigenvalue weighted by Crippen LogP contribution is 2.30. The Balaban J connectivity index is 2.02. The molecule has 2 atom stereocenters. The van der Waals surface area contributed by atoms with Crippen molar-refractivity contribution in [3.05, 3.63) is 35.4 Å². The second-order valence-corrected chi connectivity index (χ2v) is 6.14. The van der Waals surface area contributed by atoms with Crippen molar-refractivity contribution in [2.75, 3.05) is 0 Å². The number of carbonyl (C=O) groups is 1. The zero-order chi connectivity index (χ0) is 14.5. The molecule has 0 amide bonds. The molecule has 3 heteroatoms. The van der Waals surface area contributed by atoms with Crippen LogP contribution in [0.3, 0.4) is 0 Å². The van der Waals surface area contributed by atoms with Gasteiger partial charge in [0.25, 0.3) is 0 Å². The van der Waals surface area contributed by atoms with Gasteiger partial charge in [0.2, 0.25) is 0 Å². The maximum Gasteiger partial charge on any atom is 0.336 e. The van der Waals surface area contributed by atoms with Crippen LogP contribution in [-0.2, 0) is 6.54 Å². The van der Waals surface area contributed by atoms with Crippen molar-refractivity contribution in [3.63, 3.8) is 0 Å². The molecule has 1 saturated carbocycles. The van der Waals surface area contributed by atoms with Gasteiger partial charge >= 0.3 is 5.97 Å². The first-order chi connectivity index (χ1) is 9.59. The fourth-order valence-corrected chi connectivity index (χ4v) is 3.34. The Morgan fingerprint density at radius 2 is 2.00 bits per heavy atom. The standard InChI is InChI=1S/C17H25NO2/c1-12(2)14-8-5-6-10-16(14)18-11-13-7-3-4-9-15(13)17(19)20/h3-4,7,9,12,14,16,18H,5-6,8,10-11H2,1-2H3,(H,19,20). The molecule has 2 N–H and O–H groups in total. The summed E-state index contributed by atoms with van der Waals surface area (Å²) in [6.45, 7) is 5.22. The summed E-state index contributed by atoms with van der Waals surface area (Å²) in [5.74, 6) is 0.551. The number of hydrogen-bond donors (Lipinski definition) is 2. The van der Waals surface area contributed by atoms with Gasteiger partial charge < -0.3 is 10.4 Å². The summed E-state index contributed by atoms with van der Waals surface area (Å²) in [7, 11) is 0. The molecule has 0 radical (unpaired) electrons. The van der Waals surface area contributed by atoms with Crippen LogP contribution in [0, 0.1) is 11.8 Å². The summed E-state index contributed by atoms with van der Waals surface area (Å²) in [4.78, 5) is 11.2. The van der Waals surface area contributed by atoms with Crippen LogP contribution in [0.4, 0.5) is 0 Å². The highest BCUT2D eigenvalue weighted by Gasteiger charge is 2.27. The third-order valence-electron chi connectivity index (χ3n) is 4.48. The van der Waals surface area contributed by atoms with Crippen LogP contribution in [-0.4, -0.2) is 17.1 Å².